The highest BCUT2D eigenvalue weighted by molar-refractivity contribution is 7.10. The SMILES string of the molecule is C=CCOc1cc(C2CC(=O)Nc3ccsc32)ccc1OC. The van der Waals surface area contributed by atoms with Crippen molar-refractivity contribution in [3.05, 3.63) is 52.7 Å². The highest BCUT2D eigenvalue weighted by Gasteiger charge is 2.28. The van der Waals surface area contributed by atoms with Crippen LogP contribution >= 0.6 is 11.3 Å². The molecule has 3 rings (SSSR count). The molecule has 2 aromatic rings. The second-order valence-corrected chi connectivity index (χ2v) is 5.96. The van der Waals surface area contributed by atoms with E-state index in [1.165, 1.54) is 4.88 Å². The van der Waals surface area contributed by atoms with Gasteiger partial charge in [-0.2, -0.15) is 0 Å². The Morgan fingerprint density at radius 3 is 3.05 bits per heavy atom. The highest BCUT2D eigenvalue weighted by Crippen LogP contribution is 2.42. The molecule has 114 valence electrons. The van der Waals surface area contributed by atoms with Gasteiger partial charge in [0.1, 0.15) is 6.61 Å². The molecule has 5 heteroatoms. The summed E-state index contributed by atoms with van der Waals surface area (Å²) in [6.07, 6.45) is 2.14. The van der Waals surface area contributed by atoms with Gasteiger partial charge in [0.25, 0.3) is 0 Å². The fourth-order valence-electron chi connectivity index (χ4n) is 2.61. The van der Waals surface area contributed by atoms with Crippen molar-refractivity contribution in [2.45, 2.75) is 12.3 Å². The summed E-state index contributed by atoms with van der Waals surface area (Å²) in [5, 5.41) is 4.92. The van der Waals surface area contributed by atoms with Gasteiger partial charge in [0.15, 0.2) is 11.5 Å². The summed E-state index contributed by atoms with van der Waals surface area (Å²) in [5.41, 5.74) is 1.97. The van der Waals surface area contributed by atoms with Crippen molar-refractivity contribution >= 4 is 22.9 Å². The first kappa shape index (κ1) is 14.7. The molecule has 0 aliphatic carbocycles. The lowest BCUT2D eigenvalue weighted by molar-refractivity contribution is -0.116. The Kier molecular flexibility index (Phi) is 4.15. The van der Waals surface area contributed by atoms with Crippen molar-refractivity contribution in [3.8, 4) is 11.5 Å². The number of fused-ring (bicyclic) bond motifs is 1. The van der Waals surface area contributed by atoms with E-state index in [-0.39, 0.29) is 11.8 Å². The molecule has 0 saturated carbocycles. The Hall–Kier alpha value is -2.27. The van der Waals surface area contributed by atoms with Gasteiger partial charge in [-0.3, -0.25) is 4.79 Å². The number of carbonyl (C=O) groups is 1. The van der Waals surface area contributed by atoms with Crippen LogP contribution in [0.3, 0.4) is 0 Å². The average Bonchev–Trinajstić information content (AvgIpc) is 3.00. The molecular weight excluding hydrogens is 298 g/mol. The summed E-state index contributed by atoms with van der Waals surface area (Å²) < 4.78 is 11.0. The van der Waals surface area contributed by atoms with E-state index in [0.717, 1.165) is 11.3 Å². The highest BCUT2D eigenvalue weighted by atomic mass is 32.1. The molecule has 2 heterocycles. The zero-order valence-corrected chi connectivity index (χ0v) is 13.1. The average molecular weight is 315 g/mol. The zero-order valence-electron chi connectivity index (χ0n) is 12.3. The Balaban J connectivity index is 1.98. The maximum absolute atomic E-state index is 11.9. The van der Waals surface area contributed by atoms with E-state index in [9.17, 15) is 4.79 Å². The third-order valence-corrected chi connectivity index (χ3v) is 4.65. The monoisotopic (exact) mass is 315 g/mol. The molecule has 0 spiro atoms. The van der Waals surface area contributed by atoms with Gasteiger partial charge in [0.05, 0.1) is 12.8 Å². The number of methoxy groups -OCH3 is 1. The molecule has 1 atom stereocenters. The number of thiophene rings is 1. The van der Waals surface area contributed by atoms with Gasteiger partial charge in [-0.1, -0.05) is 18.7 Å². The Morgan fingerprint density at radius 1 is 1.41 bits per heavy atom. The number of hydrogen-bond donors (Lipinski definition) is 1. The van der Waals surface area contributed by atoms with Gasteiger partial charge in [-0.25, -0.2) is 0 Å². The first-order valence-corrected chi connectivity index (χ1v) is 7.89. The molecule has 1 aliphatic heterocycles. The maximum atomic E-state index is 11.9. The number of ether oxygens (including phenoxy) is 2. The lowest BCUT2D eigenvalue weighted by Crippen LogP contribution is -2.22. The molecule has 1 aliphatic rings. The third-order valence-electron chi connectivity index (χ3n) is 3.62. The molecule has 22 heavy (non-hydrogen) atoms. The molecule has 1 aromatic carbocycles. The predicted octanol–water partition coefficient (Wildman–Crippen LogP) is 3.80. The van der Waals surface area contributed by atoms with Crippen LogP contribution in [-0.2, 0) is 4.79 Å². The summed E-state index contributed by atoms with van der Waals surface area (Å²) in [5.74, 6) is 1.45. The van der Waals surface area contributed by atoms with Gasteiger partial charge in [-0.15, -0.1) is 11.3 Å². The Labute approximate surface area is 133 Å². The Bertz CT molecular complexity index is 708. The zero-order chi connectivity index (χ0) is 15.5. The van der Waals surface area contributed by atoms with Gasteiger partial charge in [-0.05, 0) is 29.1 Å². The predicted molar refractivity (Wildman–Crippen MR) is 88.1 cm³/mol. The van der Waals surface area contributed by atoms with Crippen molar-refractivity contribution in [1.82, 2.24) is 0 Å². The summed E-state index contributed by atoms with van der Waals surface area (Å²) in [6, 6.07) is 7.78. The number of benzene rings is 1. The molecular formula is C17H17NO3S. The van der Waals surface area contributed by atoms with Crippen LogP contribution in [0.4, 0.5) is 5.69 Å². The van der Waals surface area contributed by atoms with E-state index >= 15 is 0 Å². The van der Waals surface area contributed by atoms with Crippen LogP contribution in [-0.4, -0.2) is 19.6 Å². The van der Waals surface area contributed by atoms with E-state index in [1.54, 1.807) is 24.5 Å². The van der Waals surface area contributed by atoms with Crippen molar-refractivity contribution in [3.63, 3.8) is 0 Å². The molecule has 0 bridgehead atoms. The van der Waals surface area contributed by atoms with E-state index < -0.39 is 0 Å². The second kappa shape index (κ2) is 6.23. The van der Waals surface area contributed by atoms with Crippen LogP contribution in [0.25, 0.3) is 0 Å². The summed E-state index contributed by atoms with van der Waals surface area (Å²) >= 11 is 1.66. The van der Waals surface area contributed by atoms with Crippen LogP contribution in [0.1, 0.15) is 22.8 Å². The minimum Gasteiger partial charge on any atom is -0.493 e. The first-order chi connectivity index (χ1) is 10.7. The quantitative estimate of drug-likeness (QED) is 0.854. The number of amides is 1. The summed E-state index contributed by atoms with van der Waals surface area (Å²) in [4.78, 5) is 13.1. The second-order valence-electron chi connectivity index (χ2n) is 5.01. The van der Waals surface area contributed by atoms with E-state index in [4.69, 9.17) is 9.47 Å². The van der Waals surface area contributed by atoms with E-state index in [1.807, 2.05) is 29.6 Å². The van der Waals surface area contributed by atoms with Gasteiger partial charge >= 0.3 is 0 Å². The van der Waals surface area contributed by atoms with Crippen LogP contribution in [0.2, 0.25) is 0 Å². The lowest BCUT2D eigenvalue weighted by atomic mass is 9.90. The Morgan fingerprint density at radius 2 is 2.27 bits per heavy atom. The molecule has 0 fully saturated rings. The molecule has 1 unspecified atom stereocenters. The molecule has 0 radical (unpaired) electrons. The number of hydrogen-bond acceptors (Lipinski definition) is 4. The van der Waals surface area contributed by atoms with Crippen LogP contribution < -0.4 is 14.8 Å². The molecule has 1 amide bonds. The van der Waals surface area contributed by atoms with Crippen molar-refractivity contribution in [1.29, 1.82) is 0 Å². The van der Waals surface area contributed by atoms with Crippen molar-refractivity contribution in [2.75, 3.05) is 19.0 Å². The minimum absolute atomic E-state index is 0.0419. The largest absolute Gasteiger partial charge is 0.493 e. The smallest absolute Gasteiger partial charge is 0.225 e. The standard InChI is InChI=1S/C17H17NO3S/c1-3-7-21-15-9-11(4-5-14(15)20-2)12-10-16(19)18-13-6-8-22-17(12)13/h3-6,8-9,12H,1,7,10H2,2H3,(H,18,19). The molecule has 4 nitrogen and oxygen atoms in total. The normalized spacial score (nSPS) is 16.6. The molecule has 0 saturated heterocycles. The number of carbonyl (C=O) groups excluding carboxylic acids is 1. The van der Waals surface area contributed by atoms with Crippen LogP contribution in [0.15, 0.2) is 42.3 Å². The van der Waals surface area contributed by atoms with Gasteiger partial charge < -0.3 is 14.8 Å². The topological polar surface area (TPSA) is 47.6 Å². The number of nitrogens with one attached hydrogen (secondary N) is 1. The van der Waals surface area contributed by atoms with E-state index in [2.05, 4.69) is 11.9 Å². The van der Waals surface area contributed by atoms with Crippen LogP contribution in [0, 0.1) is 0 Å². The maximum Gasteiger partial charge on any atom is 0.225 e. The van der Waals surface area contributed by atoms with Gasteiger partial charge in [0.2, 0.25) is 5.91 Å². The number of rotatable bonds is 5. The van der Waals surface area contributed by atoms with Crippen molar-refractivity contribution < 1.29 is 14.3 Å². The first-order valence-electron chi connectivity index (χ1n) is 7.01. The minimum atomic E-state index is 0.0419. The van der Waals surface area contributed by atoms with Gasteiger partial charge in [0, 0.05) is 17.2 Å². The molecule has 1 N–H and O–H groups in total. The van der Waals surface area contributed by atoms with E-state index in [0.29, 0.717) is 24.5 Å². The summed E-state index contributed by atoms with van der Waals surface area (Å²) in [7, 11) is 1.61. The summed E-state index contributed by atoms with van der Waals surface area (Å²) in [6.45, 7) is 4.07. The third kappa shape index (κ3) is 2.72. The lowest BCUT2D eigenvalue weighted by Gasteiger charge is -2.23. The molecule has 1 aromatic heterocycles. The fraction of sp³-hybridized carbons (Fsp3) is 0.235. The fourth-order valence-corrected chi connectivity index (χ4v) is 3.59. The number of anilines is 1. The van der Waals surface area contributed by atoms with Crippen LogP contribution in [0.5, 0.6) is 11.5 Å². The van der Waals surface area contributed by atoms with Crippen molar-refractivity contribution in [2.24, 2.45) is 0 Å².